The van der Waals surface area contributed by atoms with Gasteiger partial charge in [-0.15, -0.1) is 11.3 Å². The van der Waals surface area contributed by atoms with E-state index in [2.05, 4.69) is 4.98 Å². The van der Waals surface area contributed by atoms with Crippen LogP contribution in [-0.2, 0) is 0 Å². The number of benzene rings is 1. The third-order valence-corrected chi connectivity index (χ3v) is 4.39. The second-order valence-electron chi connectivity index (χ2n) is 4.17. The van der Waals surface area contributed by atoms with Gasteiger partial charge in [0.1, 0.15) is 5.75 Å². The van der Waals surface area contributed by atoms with E-state index in [1.54, 1.807) is 16.5 Å². The number of hydrogen-bond donors (Lipinski definition) is 1. The fourth-order valence-corrected chi connectivity index (χ4v) is 3.33. The average molecular weight is 343 g/mol. The summed E-state index contributed by atoms with van der Waals surface area (Å²) in [6.45, 7) is 0. The quantitative estimate of drug-likeness (QED) is 0.778. The van der Waals surface area contributed by atoms with Gasteiger partial charge >= 0.3 is 5.97 Å². The molecule has 0 spiro atoms. The minimum Gasteiger partial charge on any atom is -0.495 e. The van der Waals surface area contributed by atoms with E-state index in [4.69, 9.17) is 33.0 Å². The number of carboxylic acids is 1. The van der Waals surface area contributed by atoms with Crippen LogP contribution in [0.25, 0.3) is 16.2 Å². The van der Waals surface area contributed by atoms with Crippen LogP contribution in [0.2, 0.25) is 10.0 Å². The number of halogens is 2. The van der Waals surface area contributed by atoms with Crippen molar-refractivity contribution in [3.8, 4) is 17.0 Å². The van der Waals surface area contributed by atoms with E-state index in [1.165, 1.54) is 24.6 Å². The van der Waals surface area contributed by atoms with Crippen LogP contribution in [0.15, 0.2) is 23.7 Å². The fourth-order valence-electron chi connectivity index (χ4n) is 1.96. The number of carboxylic acid groups (broad SMARTS) is 1. The van der Waals surface area contributed by atoms with Crippen LogP contribution in [0.4, 0.5) is 0 Å². The number of nitrogens with zero attached hydrogens (tertiary/aromatic N) is 2. The molecular formula is C13H8Cl2N2O3S. The molecule has 0 aliphatic carbocycles. The second-order valence-corrected chi connectivity index (χ2v) is 5.82. The topological polar surface area (TPSA) is 63.8 Å². The predicted molar refractivity (Wildman–Crippen MR) is 82.0 cm³/mol. The van der Waals surface area contributed by atoms with Gasteiger partial charge in [0, 0.05) is 23.2 Å². The van der Waals surface area contributed by atoms with Crippen molar-refractivity contribution in [3.05, 3.63) is 39.4 Å². The van der Waals surface area contributed by atoms with Crippen molar-refractivity contribution in [2.75, 3.05) is 7.11 Å². The number of imidazole rings is 1. The summed E-state index contributed by atoms with van der Waals surface area (Å²) < 4.78 is 6.79. The van der Waals surface area contributed by atoms with Gasteiger partial charge in [-0.3, -0.25) is 4.40 Å². The fraction of sp³-hybridized carbons (Fsp3) is 0.0769. The van der Waals surface area contributed by atoms with E-state index in [0.717, 1.165) is 5.69 Å². The highest BCUT2D eigenvalue weighted by Gasteiger charge is 2.17. The lowest BCUT2D eigenvalue weighted by Gasteiger charge is -2.08. The molecule has 2 heterocycles. The maximum atomic E-state index is 11.0. The van der Waals surface area contributed by atoms with Crippen molar-refractivity contribution in [1.29, 1.82) is 0 Å². The van der Waals surface area contributed by atoms with Crippen LogP contribution in [0.5, 0.6) is 5.75 Å². The molecule has 1 aromatic carbocycles. The lowest BCUT2D eigenvalue weighted by Crippen LogP contribution is -1.95. The van der Waals surface area contributed by atoms with Gasteiger partial charge in [-0.1, -0.05) is 23.2 Å². The Morgan fingerprint density at radius 2 is 2.14 bits per heavy atom. The molecule has 1 N–H and O–H groups in total. The minimum absolute atomic E-state index is 0.0150. The van der Waals surface area contributed by atoms with Crippen LogP contribution in [-0.4, -0.2) is 27.6 Å². The van der Waals surface area contributed by atoms with Crippen molar-refractivity contribution in [2.45, 2.75) is 0 Å². The molecule has 0 saturated carbocycles. The van der Waals surface area contributed by atoms with Crippen LogP contribution < -0.4 is 4.74 Å². The summed E-state index contributed by atoms with van der Waals surface area (Å²) in [6, 6.07) is 3.31. The van der Waals surface area contributed by atoms with E-state index in [-0.39, 0.29) is 5.69 Å². The van der Waals surface area contributed by atoms with Gasteiger partial charge in [0.25, 0.3) is 0 Å². The molecule has 2 aromatic heterocycles. The van der Waals surface area contributed by atoms with Gasteiger partial charge in [-0.2, -0.15) is 0 Å². The number of fused-ring (bicyclic) bond motifs is 1. The smallest absolute Gasteiger partial charge is 0.356 e. The summed E-state index contributed by atoms with van der Waals surface area (Å²) in [5.74, 6) is -0.593. The predicted octanol–water partition coefficient (Wildman–Crippen LogP) is 4.08. The molecule has 3 aromatic rings. The van der Waals surface area contributed by atoms with Crippen molar-refractivity contribution in [1.82, 2.24) is 9.38 Å². The average Bonchev–Trinajstić information content (AvgIpc) is 3.01. The van der Waals surface area contributed by atoms with E-state index in [1.807, 2.05) is 5.38 Å². The van der Waals surface area contributed by atoms with Crippen LogP contribution >= 0.6 is 34.5 Å². The summed E-state index contributed by atoms with van der Waals surface area (Å²) in [5.41, 5.74) is 1.39. The molecular weight excluding hydrogens is 335 g/mol. The first-order valence-corrected chi connectivity index (χ1v) is 7.38. The molecule has 5 nitrogen and oxygen atoms in total. The lowest BCUT2D eigenvalue weighted by atomic mass is 10.1. The Morgan fingerprint density at radius 3 is 2.81 bits per heavy atom. The number of aromatic nitrogens is 2. The van der Waals surface area contributed by atoms with Gasteiger partial charge in [0.2, 0.25) is 0 Å². The van der Waals surface area contributed by atoms with E-state index < -0.39 is 5.97 Å². The highest BCUT2D eigenvalue weighted by Crippen LogP contribution is 2.38. The zero-order valence-electron chi connectivity index (χ0n) is 10.6. The molecule has 0 unspecified atom stereocenters. The van der Waals surface area contributed by atoms with Gasteiger partial charge in [-0.25, -0.2) is 9.78 Å². The molecule has 3 rings (SSSR count). The molecule has 8 heteroatoms. The first kappa shape index (κ1) is 14.2. The molecule has 0 bridgehead atoms. The van der Waals surface area contributed by atoms with Gasteiger partial charge in [0.15, 0.2) is 10.7 Å². The Kier molecular flexibility index (Phi) is 3.52. The van der Waals surface area contributed by atoms with Crippen molar-refractivity contribution >= 4 is 45.5 Å². The molecule has 0 saturated heterocycles. The zero-order valence-corrected chi connectivity index (χ0v) is 13.0. The Labute approximate surface area is 133 Å². The molecule has 0 radical (unpaired) electrons. The number of carbonyl (C=O) groups is 1. The Bertz CT molecular complexity index is 857. The molecule has 21 heavy (non-hydrogen) atoms. The molecule has 0 atom stereocenters. The first-order valence-electron chi connectivity index (χ1n) is 5.74. The Hall–Kier alpha value is -1.76. The zero-order chi connectivity index (χ0) is 15.1. The van der Waals surface area contributed by atoms with E-state index >= 15 is 0 Å². The third kappa shape index (κ3) is 2.35. The number of hydrogen-bond acceptors (Lipinski definition) is 4. The molecule has 0 aliphatic rings. The number of methoxy groups -OCH3 is 1. The second kappa shape index (κ2) is 5.22. The van der Waals surface area contributed by atoms with Crippen LogP contribution in [0, 0.1) is 0 Å². The van der Waals surface area contributed by atoms with E-state index in [0.29, 0.717) is 26.3 Å². The van der Waals surface area contributed by atoms with Crippen LogP contribution in [0.1, 0.15) is 10.5 Å². The summed E-state index contributed by atoms with van der Waals surface area (Å²) in [6.07, 6.45) is 1.46. The number of ether oxygens (including phenoxy) is 1. The summed E-state index contributed by atoms with van der Waals surface area (Å²) in [5, 5.41) is 11.7. The number of rotatable bonds is 3. The van der Waals surface area contributed by atoms with Gasteiger partial charge in [-0.05, 0) is 6.07 Å². The largest absolute Gasteiger partial charge is 0.495 e. The molecule has 0 amide bonds. The summed E-state index contributed by atoms with van der Waals surface area (Å²) in [7, 11) is 1.51. The molecule has 108 valence electrons. The van der Waals surface area contributed by atoms with E-state index in [9.17, 15) is 4.79 Å². The monoisotopic (exact) mass is 342 g/mol. The maximum Gasteiger partial charge on any atom is 0.356 e. The SMILES string of the molecule is COc1cc(Cl)c(-c2csc3nc(C(=O)O)cn23)cc1Cl. The lowest BCUT2D eigenvalue weighted by molar-refractivity contribution is 0.0691. The number of thiazole rings is 1. The van der Waals surface area contributed by atoms with Gasteiger partial charge < -0.3 is 9.84 Å². The van der Waals surface area contributed by atoms with Crippen LogP contribution in [0.3, 0.4) is 0 Å². The summed E-state index contributed by atoms with van der Waals surface area (Å²) >= 11 is 13.7. The van der Waals surface area contributed by atoms with Crippen molar-refractivity contribution in [2.24, 2.45) is 0 Å². The van der Waals surface area contributed by atoms with Crippen molar-refractivity contribution < 1.29 is 14.6 Å². The minimum atomic E-state index is -1.07. The molecule has 0 aliphatic heterocycles. The highest BCUT2D eigenvalue weighted by atomic mass is 35.5. The highest BCUT2D eigenvalue weighted by molar-refractivity contribution is 7.15. The Morgan fingerprint density at radius 1 is 1.38 bits per heavy atom. The maximum absolute atomic E-state index is 11.0. The Balaban J connectivity index is 2.20. The van der Waals surface area contributed by atoms with Gasteiger partial charge in [0.05, 0.1) is 22.8 Å². The normalized spacial score (nSPS) is 11.0. The van der Waals surface area contributed by atoms with Crippen molar-refractivity contribution in [3.63, 3.8) is 0 Å². The standard InChI is InChI=1S/C13H8Cl2N2O3S/c1-20-11-3-7(14)6(2-8(11)15)10-5-21-13-16-9(12(18)19)4-17(10)13/h2-5H,1H3,(H,18,19). The summed E-state index contributed by atoms with van der Waals surface area (Å²) in [4.78, 5) is 15.6. The first-order chi connectivity index (χ1) is 10.0. The molecule has 0 fully saturated rings. The number of aromatic carboxylic acids is 1. The third-order valence-electron chi connectivity index (χ3n) is 2.95.